The average molecular weight is 386 g/mol. The molecule has 0 aromatic carbocycles. The minimum absolute atomic E-state index is 0.114. The topological polar surface area (TPSA) is 64.7 Å². The van der Waals surface area contributed by atoms with Gasteiger partial charge in [0, 0.05) is 36.3 Å². The molecule has 0 fully saturated rings. The van der Waals surface area contributed by atoms with Crippen LogP contribution < -0.4 is 10.9 Å². The van der Waals surface area contributed by atoms with E-state index in [4.69, 9.17) is 4.98 Å². The summed E-state index contributed by atoms with van der Waals surface area (Å²) in [4.78, 5) is 20.4. The molecule has 7 heteroatoms. The van der Waals surface area contributed by atoms with Crippen molar-refractivity contribution in [3.8, 4) is 0 Å². The van der Waals surface area contributed by atoms with Crippen LogP contribution in [0.5, 0.6) is 0 Å². The van der Waals surface area contributed by atoms with Gasteiger partial charge < -0.3 is 5.32 Å². The summed E-state index contributed by atoms with van der Waals surface area (Å²) in [6, 6.07) is 0. The first kappa shape index (κ1) is 18.2. The largest absolute Gasteiger partial charge is 0.351 e. The van der Waals surface area contributed by atoms with Crippen molar-refractivity contribution in [1.82, 2.24) is 19.3 Å². The SMILES string of the molecule is CCCn1c(NCc2c(C)nn(C)c2C)nc2sc3c(c2c1=O)CCCC3. The molecule has 0 bridgehead atoms. The van der Waals surface area contributed by atoms with Crippen LogP contribution in [0.15, 0.2) is 4.79 Å². The highest BCUT2D eigenvalue weighted by atomic mass is 32.1. The monoisotopic (exact) mass is 385 g/mol. The van der Waals surface area contributed by atoms with Crippen molar-refractivity contribution in [2.75, 3.05) is 5.32 Å². The van der Waals surface area contributed by atoms with Crippen LogP contribution in [0, 0.1) is 13.8 Å². The van der Waals surface area contributed by atoms with Crippen molar-refractivity contribution < 1.29 is 0 Å². The van der Waals surface area contributed by atoms with Gasteiger partial charge in [-0.1, -0.05) is 6.92 Å². The fourth-order valence-corrected chi connectivity index (χ4v) is 5.30. The van der Waals surface area contributed by atoms with Crippen LogP contribution in [0.2, 0.25) is 0 Å². The molecule has 0 saturated heterocycles. The van der Waals surface area contributed by atoms with Gasteiger partial charge in [0.15, 0.2) is 0 Å². The number of rotatable bonds is 5. The van der Waals surface area contributed by atoms with Crippen LogP contribution in [0.1, 0.15) is 53.6 Å². The van der Waals surface area contributed by atoms with Crippen LogP contribution in [-0.4, -0.2) is 19.3 Å². The highest BCUT2D eigenvalue weighted by Crippen LogP contribution is 2.34. The number of fused-ring (bicyclic) bond motifs is 3. The summed E-state index contributed by atoms with van der Waals surface area (Å²) in [7, 11) is 1.96. The number of hydrogen-bond donors (Lipinski definition) is 1. The van der Waals surface area contributed by atoms with Gasteiger partial charge in [-0.3, -0.25) is 14.0 Å². The summed E-state index contributed by atoms with van der Waals surface area (Å²) >= 11 is 1.71. The maximum atomic E-state index is 13.3. The number of anilines is 1. The maximum absolute atomic E-state index is 13.3. The van der Waals surface area contributed by atoms with Crippen molar-refractivity contribution >= 4 is 27.5 Å². The zero-order chi connectivity index (χ0) is 19.1. The Hall–Kier alpha value is -2.15. The molecule has 4 rings (SSSR count). The van der Waals surface area contributed by atoms with Crippen LogP contribution in [-0.2, 0) is 33.0 Å². The van der Waals surface area contributed by atoms with Gasteiger partial charge in [0.25, 0.3) is 5.56 Å². The second kappa shape index (κ2) is 7.11. The predicted octanol–water partition coefficient (Wildman–Crippen LogP) is 3.71. The fraction of sp³-hybridized carbons (Fsp3) is 0.550. The maximum Gasteiger partial charge on any atom is 0.263 e. The number of nitrogens with one attached hydrogen (secondary N) is 1. The van der Waals surface area contributed by atoms with Gasteiger partial charge in [-0.2, -0.15) is 5.10 Å². The van der Waals surface area contributed by atoms with Crippen molar-refractivity contribution in [1.29, 1.82) is 0 Å². The molecule has 3 heterocycles. The third-order valence-corrected chi connectivity index (χ3v) is 6.79. The molecule has 0 aliphatic heterocycles. The van der Waals surface area contributed by atoms with Crippen LogP contribution in [0.4, 0.5) is 5.95 Å². The molecule has 0 spiro atoms. The Balaban J connectivity index is 1.77. The molecule has 1 N–H and O–H groups in total. The normalized spacial score (nSPS) is 13.9. The third-order valence-electron chi connectivity index (χ3n) is 5.60. The van der Waals surface area contributed by atoms with Crippen molar-refractivity contribution in [2.24, 2.45) is 7.05 Å². The number of aryl methyl sites for hydroxylation is 4. The molecule has 6 nitrogen and oxygen atoms in total. The minimum Gasteiger partial charge on any atom is -0.351 e. The van der Waals surface area contributed by atoms with E-state index in [-0.39, 0.29) is 5.56 Å². The van der Waals surface area contributed by atoms with Crippen molar-refractivity contribution in [3.05, 3.63) is 37.7 Å². The van der Waals surface area contributed by atoms with E-state index in [0.717, 1.165) is 40.9 Å². The van der Waals surface area contributed by atoms with Gasteiger partial charge in [-0.25, -0.2) is 4.98 Å². The fourth-order valence-electron chi connectivity index (χ4n) is 4.05. The lowest BCUT2D eigenvalue weighted by Gasteiger charge is -2.14. The molecule has 0 atom stereocenters. The van der Waals surface area contributed by atoms with Gasteiger partial charge in [-0.15, -0.1) is 11.3 Å². The van der Waals surface area contributed by atoms with Gasteiger partial charge in [0.2, 0.25) is 5.95 Å². The minimum atomic E-state index is 0.114. The highest BCUT2D eigenvalue weighted by molar-refractivity contribution is 7.18. The van der Waals surface area contributed by atoms with Gasteiger partial charge in [0.1, 0.15) is 4.83 Å². The molecule has 3 aromatic rings. The Morgan fingerprint density at radius 1 is 1.22 bits per heavy atom. The predicted molar refractivity (Wildman–Crippen MR) is 111 cm³/mol. The molecule has 0 saturated carbocycles. The highest BCUT2D eigenvalue weighted by Gasteiger charge is 2.22. The lowest BCUT2D eigenvalue weighted by atomic mass is 9.97. The summed E-state index contributed by atoms with van der Waals surface area (Å²) in [5.74, 6) is 0.676. The van der Waals surface area contributed by atoms with Gasteiger partial charge >= 0.3 is 0 Å². The van der Waals surface area contributed by atoms with E-state index in [9.17, 15) is 4.79 Å². The third kappa shape index (κ3) is 3.08. The van der Waals surface area contributed by atoms with Crippen molar-refractivity contribution in [2.45, 2.75) is 66.0 Å². The van der Waals surface area contributed by atoms with Crippen molar-refractivity contribution in [3.63, 3.8) is 0 Å². The molecule has 0 radical (unpaired) electrons. The number of nitrogens with zero attached hydrogens (tertiary/aromatic N) is 4. The van der Waals surface area contributed by atoms with Crippen LogP contribution in [0.25, 0.3) is 10.2 Å². The lowest BCUT2D eigenvalue weighted by Crippen LogP contribution is -2.25. The van der Waals surface area contributed by atoms with Gasteiger partial charge in [0.05, 0.1) is 11.1 Å². The number of hydrogen-bond acceptors (Lipinski definition) is 5. The summed E-state index contributed by atoms with van der Waals surface area (Å²) in [6.07, 6.45) is 5.39. The summed E-state index contributed by atoms with van der Waals surface area (Å²) in [5.41, 5.74) is 4.69. The Kier molecular flexibility index (Phi) is 4.80. The zero-order valence-corrected chi connectivity index (χ0v) is 17.4. The quantitative estimate of drug-likeness (QED) is 0.727. The first-order valence-electron chi connectivity index (χ1n) is 9.79. The van der Waals surface area contributed by atoms with E-state index in [1.54, 1.807) is 11.3 Å². The van der Waals surface area contributed by atoms with E-state index < -0.39 is 0 Å². The Labute approximate surface area is 163 Å². The van der Waals surface area contributed by atoms with E-state index in [1.807, 2.05) is 23.2 Å². The van der Waals surface area contributed by atoms with E-state index in [0.29, 0.717) is 19.0 Å². The molecule has 1 aliphatic rings. The molecule has 1 aliphatic carbocycles. The first-order chi connectivity index (χ1) is 13.0. The Bertz CT molecular complexity index is 1060. The Morgan fingerprint density at radius 3 is 2.70 bits per heavy atom. The zero-order valence-electron chi connectivity index (χ0n) is 16.6. The molecule has 0 unspecified atom stereocenters. The summed E-state index contributed by atoms with van der Waals surface area (Å²) in [6.45, 7) is 7.49. The molecular formula is C20H27N5OS. The van der Waals surface area contributed by atoms with E-state index >= 15 is 0 Å². The second-order valence-electron chi connectivity index (χ2n) is 7.41. The Morgan fingerprint density at radius 2 is 2.00 bits per heavy atom. The van der Waals surface area contributed by atoms with Crippen LogP contribution >= 0.6 is 11.3 Å². The second-order valence-corrected chi connectivity index (χ2v) is 8.49. The molecule has 27 heavy (non-hydrogen) atoms. The van der Waals surface area contributed by atoms with E-state index in [1.165, 1.54) is 28.8 Å². The van der Waals surface area contributed by atoms with E-state index in [2.05, 4.69) is 24.3 Å². The molecule has 144 valence electrons. The molecule has 3 aromatic heterocycles. The lowest BCUT2D eigenvalue weighted by molar-refractivity contribution is 0.651. The molecular weight excluding hydrogens is 358 g/mol. The summed E-state index contributed by atoms with van der Waals surface area (Å²) in [5, 5.41) is 8.77. The molecule has 0 amide bonds. The number of thiophene rings is 1. The van der Waals surface area contributed by atoms with Crippen LogP contribution in [0.3, 0.4) is 0 Å². The smallest absolute Gasteiger partial charge is 0.263 e. The number of aromatic nitrogens is 4. The summed E-state index contributed by atoms with van der Waals surface area (Å²) < 4.78 is 3.72. The first-order valence-corrected chi connectivity index (χ1v) is 10.6. The average Bonchev–Trinajstić information content (AvgIpc) is 3.13. The standard InChI is InChI=1S/C20H27N5OS/c1-5-10-25-19(26)17-14-8-6-7-9-16(14)27-18(17)22-20(25)21-11-15-12(2)23-24(4)13(15)3/h5-11H2,1-4H3,(H,21,22). The van der Waals surface area contributed by atoms with Gasteiger partial charge in [-0.05, 0) is 51.5 Å².